The number of hydrogen-bond donors (Lipinski definition) is 14. The quantitative estimate of drug-likeness (QED) is 0.0678. The lowest BCUT2D eigenvalue weighted by molar-refractivity contribution is -0.289. The minimum atomic E-state index is -3.38. The van der Waals surface area contributed by atoms with Crippen LogP contribution in [0.1, 0.15) is 59.3 Å². The lowest BCUT2D eigenvalue weighted by Gasteiger charge is -2.44. The number of cyclic esters (lactones) is 1. The van der Waals surface area contributed by atoms with E-state index in [9.17, 15) is 100 Å². The number of ketones is 1. The number of fused-ring (bicyclic) bond motifs is 6. The Bertz CT molecular complexity index is 2830. The van der Waals surface area contributed by atoms with Crippen LogP contribution in [0, 0.1) is 0 Å². The first-order valence-electron chi connectivity index (χ1n) is 18.7. The maximum absolute atomic E-state index is 14.6. The van der Waals surface area contributed by atoms with E-state index in [1.165, 1.54) is 0 Å². The Balaban J connectivity index is 1.39. The van der Waals surface area contributed by atoms with Crippen LogP contribution >= 0.6 is 0 Å². The molecule has 66 heavy (non-hydrogen) atoms. The predicted octanol–water partition coefficient (Wildman–Crippen LogP) is -0.602. The van der Waals surface area contributed by atoms with Crippen LogP contribution in [0.3, 0.4) is 0 Å². The van der Waals surface area contributed by atoms with Crippen LogP contribution in [0.2, 0.25) is 0 Å². The lowest BCUT2D eigenvalue weighted by atomic mass is 9.81. The molecule has 4 bridgehead atoms. The molecule has 346 valence electrons. The molecule has 8 atom stereocenters. The Morgan fingerprint density at radius 2 is 1.06 bits per heavy atom. The summed E-state index contributed by atoms with van der Waals surface area (Å²) in [7, 11) is 0. The molecule has 8 rings (SSSR count). The second-order valence-electron chi connectivity index (χ2n) is 15.1. The molecule has 0 spiro atoms. The van der Waals surface area contributed by atoms with Crippen molar-refractivity contribution in [3.63, 3.8) is 0 Å². The number of Topliss-reactive ketones (excluding diaryl/α,β-unsaturated/α-hetero) is 1. The van der Waals surface area contributed by atoms with Crippen LogP contribution in [0.25, 0.3) is 11.1 Å². The molecule has 4 aliphatic rings. The van der Waals surface area contributed by atoms with Crippen LogP contribution < -0.4 is 0 Å². The molecular formula is C40H30O26. The third-order valence-electron chi connectivity index (χ3n) is 11.2. The fraction of sp³-hybridized carbons (Fsp3) is 0.250. The standard InChI is InChI=1S/C40H30O26/c41-12-1-8(2-13(42)23(12)47)34(55)66-38-33-32-31(65-39(59)40(60)6-17(46)24(48)22(40)21-11(37(58)64-33)5-16(45)27(51)30(21)54)18(62-38)7-61-35(56)9-3-14(43)25(49)28(52)19(9)20-10(36(57)63-32)4-15(44)26(50)29(20)53/h1-5,17-18,22,31-33,38,41-47,49-54,60H,6-7H2/t17-,18+,22+,31+,32-,33+,38+,40+/m0/s1. The van der Waals surface area contributed by atoms with E-state index >= 15 is 0 Å². The number of phenols is 12. The number of rotatable bonds is 2. The van der Waals surface area contributed by atoms with Gasteiger partial charge in [-0.1, -0.05) is 0 Å². The summed E-state index contributed by atoms with van der Waals surface area (Å²) in [6.07, 6.45) is -16.0. The first-order chi connectivity index (χ1) is 31.0. The summed E-state index contributed by atoms with van der Waals surface area (Å²) in [5.74, 6) is -28.9. The summed E-state index contributed by atoms with van der Waals surface area (Å²) in [6, 6.07) is 2.28. The van der Waals surface area contributed by atoms with Gasteiger partial charge in [-0.05, 0) is 30.3 Å². The summed E-state index contributed by atoms with van der Waals surface area (Å²) in [5, 5.41) is 149. The normalized spacial score (nSPS) is 26.0. The molecule has 26 nitrogen and oxygen atoms in total. The highest BCUT2D eigenvalue weighted by Gasteiger charge is 2.63. The molecule has 4 aromatic rings. The van der Waals surface area contributed by atoms with Crippen LogP contribution in [0.5, 0.6) is 69.0 Å². The summed E-state index contributed by atoms with van der Waals surface area (Å²) >= 11 is 0. The number of carbonyl (C=O) groups is 6. The molecule has 0 unspecified atom stereocenters. The van der Waals surface area contributed by atoms with Crippen molar-refractivity contribution < 1.29 is 129 Å². The van der Waals surface area contributed by atoms with Gasteiger partial charge in [-0.3, -0.25) is 4.79 Å². The highest BCUT2D eigenvalue weighted by molar-refractivity contribution is 6.09. The predicted molar refractivity (Wildman–Crippen MR) is 201 cm³/mol. The van der Waals surface area contributed by atoms with Gasteiger partial charge in [0.2, 0.25) is 29.6 Å². The number of carbonyl (C=O) groups excluding carboxylic acids is 6. The largest absolute Gasteiger partial charge is 0.504 e. The minimum Gasteiger partial charge on any atom is -0.504 e. The summed E-state index contributed by atoms with van der Waals surface area (Å²) in [6.45, 7) is -1.31. The minimum absolute atomic E-state index is 0.359. The van der Waals surface area contributed by atoms with E-state index in [0.29, 0.717) is 30.3 Å². The van der Waals surface area contributed by atoms with Gasteiger partial charge in [-0.15, -0.1) is 0 Å². The number of esters is 5. The molecule has 0 amide bonds. The fourth-order valence-corrected chi connectivity index (χ4v) is 8.00. The highest BCUT2D eigenvalue weighted by Crippen LogP contribution is 2.54. The molecule has 3 aliphatic heterocycles. The van der Waals surface area contributed by atoms with Crippen molar-refractivity contribution in [1.29, 1.82) is 0 Å². The second-order valence-corrected chi connectivity index (χ2v) is 15.1. The number of phenolic OH excluding ortho intramolecular Hbond substituents is 12. The Labute approximate surface area is 363 Å². The van der Waals surface area contributed by atoms with Gasteiger partial charge in [0.05, 0.1) is 28.2 Å². The molecule has 26 heteroatoms. The molecule has 2 fully saturated rings. The number of aliphatic hydroxyl groups excluding tert-OH is 1. The maximum atomic E-state index is 14.6. The SMILES string of the molecule is O=C(O[C@H]1O[C@@H]2COC(=O)c3cc(O)c(O)c(O)c3-c3c(cc(O)c(O)c3O)C(=O)O[C@@H]3[C@H]1OC(=O)c1cc(O)c(O)c(O)c1[C@@H]1C(=O)[C@@H](O)C[C@]1(O)C(=O)O[C@@H]32)c1cc(O)c(O)c(O)c1. The second kappa shape index (κ2) is 15.3. The topological polar surface area (TPSA) is 441 Å². The van der Waals surface area contributed by atoms with Crippen molar-refractivity contribution in [2.45, 2.75) is 54.7 Å². The van der Waals surface area contributed by atoms with E-state index < -0.39 is 205 Å². The van der Waals surface area contributed by atoms with Crippen molar-refractivity contribution in [1.82, 2.24) is 0 Å². The van der Waals surface area contributed by atoms with Crippen LogP contribution in [-0.2, 0) is 38.0 Å². The first kappa shape index (κ1) is 44.0. The van der Waals surface area contributed by atoms with Crippen molar-refractivity contribution in [2.75, 3.05) is 6.61 Å². The number of hydrogen-bond acceptors (Lipinski definition) is 26. The van der Waals surface area contributed by atoms with Gasteiger partial charge in [0, 0.05) is 23.1 Å². The molecule has 4 aromatic carbocycles. The van der Waals surface area contributed by atoms with Gasteiger partial charge in [0.15, 0.2) is 75.3 Å². The van der Waals surface area contributed by atoms with Crippen molar-refractivity contribution >= 4 is 35.6 Å². The van der Waals surface area contributed by atoms with Crippen LogP contribution in [0.15, 0.2) is 30.3 Å². The van der Waals surface area contributed by atoms with E-state index in [-0.39, 0.29) is 0 Å². The zero-order valence-corrected chi connectivity index (χ0v) is 32.5. The van der Waals surface area contributed by atoms with Gasteiger partial charge in [0.25, 0.3) is 0 Å². The van der Waals surface area contributed by atoms with Gasteiger partial charge in [0.1, 0.15) is 18.8 Å². The molecular weight excluding hydrogens is 896 g/mol. The summed E-state index contributed by atoms with van der Waals surface area (Å²) in [4.78, 5) is 84.5. The van der Waals surface area contributed by atoms with E-state index in [2.05, 4.69) is 0 Å². The Kier molecular flexibility index (Phi) is 10.2. The molecule has 0 radical (unpaired) electrons. The first-order valence-corrected chi connectivity index (χ1v) is 18.7. The Hall–Kier alpha value is -8.62. The summed E-state index contributed by atoms with van der Waals surface area (Å²) < 4.78 is 33.5. The van der Waals surface area contributed by atoms with Crippen molar-refractivity contribution in [3.8, 4) is 80.1 Å². The number of ether oxygens (including phenoxy) is 6. The van der Waals surface area contributed by atoms with Crippen molar-refractivity contribution in [3.05, 3.63) is 58.1 Å². The average Bonchev–Trinajstić information content (AvgIpc) is 3.49. The Morgan fingerprint density at radius 1 is 0.576 bits per heavy atom. The van der Waals surface area contributed by atoms with Crippen LogP contribution in [-0.4, -0.2) is 156 Å². The van der Waals surface area contributed by atoms with E-state index in [0.717, 1.165) is 0 Å². The van der Waals surface area contributed by atoms with E-state index in [1.807, 2.05) is 0 Å². The molecule has 3 heterocycles. The third-order valence-corrected chi connectivity index (χ3v) is 11.2. The zero-order chi connectivity index (χ0) is 48.2. The number of aliphatic hydroxyl groups is 2. The van der Waals surface area contributed by atoms with Gasteiger partial charge in [-0.25, -0.2) is 24.0 Å². The number of aromatic hydroxyl groups is 12. The van der Waals surface area contributed by atoms with E-state index in [1.54, 1.807) is 0 Å². The van der Waals surface area contributed by atoms with Gasteiger partial charge >= 0.3 is 29.8 Å². The van der Waals surface area contributed by atoms with Gasteiger partial charge in [-0.2, -0.15) is 0 Å². The molecule has 1 saturated heterocycles. The van der Waals surface area contributed by atoms with Crippen molar-refractivity contribution in [2.24, 2.45) is 0 Å². The smallest absolute Gasteiger partial charge is 0.340 e. The third kappa shape index (κ3) is 6.61. The highest BCUT2D eigenvalue weighted by atomic mass is 16.7. The molecule has 1 saturated carbocycles. The fourth-order valence-electron chi connectivity index (χ4n) is 8.00. The molecule has 1 aliphatic carbocycles. The Morgan fingerprint density at radius 3 is 1.64 bits per heavy atom. The number of benzene rings is 4. The van der Waals surface area contributed by atoms with Crippen LogP contribution in [0.4, 0.5) is 0 Å². The molecule has 0 aromatic heterocycles. The summed E-state index contributed by atoms with van der Waals surface area (Å²) in [5.41, 5.74) is -10.9. The lowest BCUT2D eigenvalue weighted by Crippen LogP contribution is -2.64. The average molecular weight is 927 g/mol. The maximum Gasteiger partial charge on any atom is 0.340 e. The van der Waals surface area contributed by atoms with E-state index in [4.69, 9.17) is 28.4 Å². The zero-order valence-electron chi connectivity index (χ0n) is 32.5. The monoisotopic (exact) mass is 926 g/mol. The van der Waals surface area contributed by atoms with Gasteiger partial charge < -0.3 is 99.9 Å². The molecule has 14 N–H and O–H groups in total.